The molecule has 1 atom stereocenters. The summed E-state index contributed by atoms with van der Waals surface area (Å²) in [6.45, 7) is 1.63. The van der Waals surface area contributed by atoms with E-state index >= 15 is 0 Å². The van der Waals surface area contributed by atoms with Gasteiger partial charge in [-0.15, -0.1) is 0 Å². The standard InChI is InChI=1S/C10H12F3NO/c1-7(15)2-4-9-5-3-8(6-14-9)10(11,12)13/h3,5-7,15H,2,4H2,1H3/t7-/m0/s1. The number of halogens is 3. The summed E-state index contributed by atoms with van der Waals surface area (Å²) in [5.41, 5.74) is -0.188. The van der Waals surface area contributed by atoms with Crippen molar-refractivity contribution in [1.82, 2.24) is 4.98 Å². The zero-order valence-electron chi connectivity index (χ0n) is 8.25. The summed E-state index contributed by atoms with van der Waals surface area (Å²) < 4.78 is 36.5. The van der Waals surface area contributed by atoms with E-state index in [1.54, 1.807) is 6.92 Å². The average molecular weight is 219 g/mol. The number of hydrogen-bond donors (Lipinski definition) is 1. The van der Waals surface area contributed by atoms with Crippen molar-refractivity contribution in [3.8, 4) is 0 Å². The van der Waals surface area contributed by atoms with Gasteiger partial charge in [-0.1, -0.05) is 0 Å². The van der Waals surface area contributed by atoms with Crippen LogP contribution in [0.25, 0.3) is 0 Å². The van der Waals surface area contributed by atoms with Gasteiger partial charge in [0, 0.05) is 11.9 Å². The van der Waals surface area contributed by atoms with Crippen molar-refractivity contribution in [1.29, 1.82) is 0 Å². The summed E-state index contributed by atoms with van der Waals surface area (Å²) in [6.07, 6.45) is -3.00. The maximum Gasteiger partial charge on any atom is 0.417 e. The molecule has 1 N–H and O–H groups in total. The molecule has 0 aromatic carbocycles. The lowest BCUT2D eigenvalue weighted by Crippen LogP contribution is -2.07. The molecule has 1 aromatic heterocycles. The van der Waals surface area contributed by atoms with Gasteiger partial charge >= 0.3 is 6.18 Å². The molecule has 84 valence electrons. The first-order chi connectivity index (χ1) is 6.89. The third kappa shape index (κ3) is 3.87. The maximum absolute atomic E-state index is 12.2. The van der Waals surface area contributed by atoms with Crippen molar-refractivity contribution in [2.75, 3.05) is 0 Å². The van der Waals surface area contributed by atoms with Crippen LogP contribution in [0.15, 0.2) is 18.3 Å². The second-order valence-electron chi connectivity index (χ2n) is 3.42. The van der Waals surface area contributed by atoms with Crippen LogP contribution in [-0.2, 0) is 12.6 Å². The Morgan fingerprint density at radius 3 is 2.47 bits per heavy atom. The molecule has 0 bridgehead atoms. The van der Waals surface area contributed by atoms with Gasteiger partial charge in [0.1, 0.15) is 0 Å². The highest BCUT2D eigenvalue weighted by Crippen LogP contribution is 2.28. The van der Waals surface area contributed by atoms with Gasteiger partial charge in [-0.2, -0.15) is 13.2 Å². The number of nitrogens with zero attached hydrogens (tertiary/aromatic N) is 1. The molecule has 15 heavy (non-hydrogen) atoms. The second kappa shape index (κ2) is 4.61. The first kappa shape index (κ1) is 12.0. The Morgan fingerprint density at radius 1 is 1.40 bits per heavy atom. The third-order valence-electron chi connectivity index (χ3n) is 1.97. The number of pyridine rings is 1. The molecule has 5 heteroatoms. The lowest BCUT2D eigenvalue weighted by atomic mass is 10.1. The molecule has 0 unspecified atom stereocenters. The summed E-state index contributed by atoms with van der Waals surface area (Å²) in [7, 11) is 0. The summed E-state index contributed by atoms with van der Waals surface area (Å²) in [5, 5.41) is 8.99. The van der Waals surface area contributed by atoms with E-state index in [0.717, 1.165) is 12.3 Å². The first-order valence-corrected chi connectivity index (χ1v) is 4.60. The number of alkyl halides is 3. The minimum absolute atomic E-state index is 0.464. The Balaban J connectivity index is 2.65. The van der Waals surface area contributed by atoms with Crippen LogP contribution in [0.2, 0.25) is 0 Å². The van der Waals surface area contributed by atoms with Crippen LogP contribution < -0.4 is 0 Å². The van der Waals surface area contributed by atoms with E-state index < -0.39 is 17.8 Å². The van der Waals surface area contributed by atoms with Crippen molar-refractivity contribution >= 4 is 0 Å². The zero-order chi connectivity index (χ0) is 11.5. The van der Waals surface area contributed by atoms with E-state index in [4.69, 9.17) is 5.11 Å². The Hall–Kier alpha value is -1.10. The molecule has 0 fully saturated rings. The van der Waals surface area contributed by atoms with E-state index in [1.165, 1.54) is 6.07 Å². The molecule has 1 heterocycles. The predicted molar refractivity (Wildman–Crippen MR) is 49.2 cm³/mol. The van der Waals surface area contributed by atoms with Crippen molar-refractivity contribution in [3.05, 3.63) is 29.6 Å². The van der Waals surface area contributed by atoms with Gasteiger partial charge in [0.25, 0.3) is 0 Å². The van der Waals surface area contributed by atoms with Gasteiger partial charge in [-0.25, -0.2) is 0 Å². The fourth-order valence-electron chi connectivity index (χ4n) is 1.10. The molecule has 1 aromatic rings. The molecule has 0 saturated carbocycles. The second-order valence-corrected chi connectivity index (χ2v) is 3.42. The molecule has 0 aliphatic rings. The molecule has 0 amide bonds. The van der Waals surface area contributed by atoms with E-state index in [2.05, 4.69) is 4.98 Å². The van der Waals surface area contributed by atoms with E-state index in [9.17, 15) is 13.2 Å². The third-order valence-corrected chi connectivity index (χ3v) is 1.97. The highest BCUT2D eigenvalue weighted by Gasteiger charge is 2.30. The number of hydrogen-bond acceptors (Lipinski definition) is 2. The van der Waals surface area contributed by atoms with E-state index in [1.807, 2.05) is 0 Å². The van der Waals surface area contributed by atoms with Crippen LogP contribution >= 0.6 is 0 Å². The quantitative estimate of drug-likeness (QED) is 0.846. The van der Waals surface area contributed by atoms with Crippen LogP contribution in [0.5, 0.6) is 0 Å². The predicted octanol–water partition coefficient (Wildman–Crippen LogP) is 2.41. The van der Waals surface area contributed by atoms with Crippen LogP contribution in [0, 0.1) is 0 Å². The minimum Gasteiger partial charge on any atom is -0.393 e. The van der Waals surface area contributed by atoms with Gasteiger partial charge in [0.2, 0.25) is 0 Å². The summed E-state index contributed by atoms with van der Waals surface area (Å²) in [4.78, 5) is 3.69. The highest BCUT2D eigenvalue weighted by atomic mass is 19.4. The fourth-order valence-corrected chi connectivity index (χ4v) is 1.10. The largest absolute Gasteiger partial charge is 0.417 e. The maximum atomic E-state index is 12.2. The molecule has 0 spiro atoms. The van der Waals surface area contributed by atoms with Crippen molar-refractivity contribution in [3.63, 3.8) is 0 Å². The lowest BCUT2D eigenvalue weighted by molar-refractivity contribution is -0.137. The smallest absolute Gasteiger partial charge is 0.393 e. The van der Waals surface area contributed by atoms with Crippen LogP contribution in [0.3, 0.4) is 0 Å². The van der Waals surface area contributed by atoms with Crippen molar-refractivity contribution in [2.24, 2.45) is 0 Å². The summed E-state index contributed by atoms with van der Waals surface area (Å²) in [6, 6.07) is 2.34. The molecule has 0 saturated heterocycles. The van der Waals surface area contributed by atoms with Gasteiger partial charge in [-0.05, 0) is 31.9 Å². The number of rotatable bonds is 3. The van der Waals surface area contributed by atoms with Gasteiger partial charge in [-0.3, -0.25) is 4.98 Å². The normalized spacial score (nSPS) is 13.9. The minimum atomic E-state index is -4.34. The van der Waals surface area contributed by atoms with Crippen LogP contribution in [0.4, 0.5) is 13.2 Å². The van der Waals surface area contributed by atoms with Crippen molar-refractivity contribution in [2.45, 2.75) is 32.0 Å². The van der Waals surface area contributed by atoms with E-state index in [0.29, 0.717) is 18.5 Å². The Morgan fingerprint density at radius 2 is 2.07 bits per heavy atom. The molecular weight excluding hydrogens is 207 g/mol. The Labute approximate surface area is 85.8 Å². The van der Waals surface area contributed by atoms with Crippen LogP contribution in [-0.4, -0.2) is 16.2 Å². The van der Waals surface area contributed by atoms with Gasteiger partial charge in [0.15, 0.2) is 0 Å². The highest BCUT2D eigenvalue weighted by molar-refractivity contribution is 5.16. The van der Waals surface area contributed by atoms with E-state index in [-0.39, 0.29) is 0 Å². The monoisotopic (exact) mass is 219 g/mol. The number of aryl methyl sites for hydroxylation is 1. The zero-order valence-corrected chi connectivity index (χ0v) is 8.25. The molecular formula is C10H12F3NO. The Bertz CT molecular complexity index is 305. The van der Waals surface area contributed by atoms with Gasteiger partial charge in [0.05, 0.1) is 11.7 Å². The lowest BCUT2D eigenvalue weighted by Gasteiger charge is -2.07. The summed E-state index contributed by atoms with van der Waals surface area (Å²) >= 11 is 0. The molecule has 0 radical (unpaired) electrons. The molecule has 2 nitrogen and oxygen atoms in total. The molecule has 1 rings (SSSR count). The molecule has 0 aliphatic heterocycles. The number of aromatic nitrogens is 1. The number of aliphatic hydroxyl groups is 1. The SMILES string of the molecule is C[C@H](O)CCc1ccc(C(F)(F)F)cn1. The van der Waals surface area contributed by atoms with Crippen LogP contribution in [0.1, 0.15) is 24.6 Å². The molecule has 0 aliphatic carbocycles. The fraction of sp³-hybridized carbons (Fsp3) is 0.500. The topological polar surface area (TPSA) is 33.1 Å². The first-order valence-electron chi connectivity index (χ1n) is 4.60. The number of aliphatic hydroxyl groups excluding tert-OH is 1. The van der Waals surface area contributed by atoms with Crippen molar-refractivity contribution < 1.29 is 18.3 Å². The Kier molecular flexibility index (Phi) is 3.68. The average Bonchev–Trinajstić information content (AvgIpc) is 2.14. The summed E-state index contributed by atoms with van der Waals surface area (Å²) in [5.74, 6) is 0. The van der Waals surface area contributed by atoms with Gasteiger partial charge < -0.3 is 5.11 Å².